The molecular weight excluding hydrogens is 242 g/mol. The Morgan fingerprint density at radius 1 is 1.53 bits per heavy atom. The van der Waals surface area contributed by atoms with Gasteiger partial charge in [-0.05, 0) is 37.8 Å². The molecule has 0 radical (unpaired) electrons. The number of hydrogen-bond acceptors (Lipinski definition) is 4. The number of nitrogens with zero attached hydrogens (tertiary/aromatic N) is 2. The molecular formula is C14H21N3O2. The molecule has 5 nitrogen and oxygen atoms in total. The van der Waals surface area contributed by atoms with Crippen LogP contribution < -0.4 is 10.2 Å². The second kappa shape index (κ2) is 6.97. The van der Waals surface area contributed by atoms with Gasteiger partial charge in [0.25, 0.3) is 0 Å². The van der Waals surface area contributed by atoms with Crippen molar-refractivity contribution in [2.45, 2.75) is 19.8 Å². The van der Waals surface area contributed by atoms with Gasteiger partial charge < -0.3 is 15.0 Å². The minimum absolute atomic E-state index is 0.308. The average Bonchev–Trinajstić information content (AvgIpc) is 2.47. The Morgan fingerprint density at radius 3 is 2.95 bits per heavy atom. The zero-order valence-electron chi connectivity index (χ0n) is 11.3. The summed E-state index contributed by atoms with van der Waals surface area (Å²) in [7, 11) is 0. The Hall–Kier alpha value is -1.78. The number of aromatic nitrogens is 1. The van der Waals surface area contributed by atoms with Crippen LogP contribution in [0, 0.1) is 5.92 Å². The Kier molecular flexibility index (Phi) is 5.01. The van der Waals surface area contributed by atoms with Crippen LogP contribution in [0.15, 0.2) is 24.5 Å². The maximum atomic E-state index is 11.2. The Morgan fingerprint density at radius 2 is 2.32 bits per heavy atom. The van der Waals surface area contributed by atoms with E-state index in [2.05, 4.69) is 21.3 Å². The first-order valence-corrected chi connectivity index (χ1v) is 6.85. The van der Waals surface area contributed by atoms with Gasteiger partial charge in [0, 0.05) is 25.8 Å². The van der Waals surface area contributed by atoms with Gasteiger partial charge in [-0.2, -0.15) is 0 Å². The predicted molar refractivity (Wildman–Crippen MR) is 74.2 cm³/mol. The van der Waals surface area contributed by atoms with Crippen molar-refractivity contribution in [1.29, 1.82) is 0 Å². The van der Waals surface area contributed by atoms with Gasteiger partial charge in [0.15, 0.2) is 0 Å². The summed E-state index contributed by atoms with van der Waals surface area (Å²) < 4.78 is 4.85. The lowest BCUT2D eigenvalue weighted by Gasteiger charge is -2.33. The van der Waals surface area contributed by atoms with E-state index >= 15 is 0 Å². The van der Waals surface area contributed by atoms with Crippen molar-refractivity contribution >= 4 is 11.8 Å². The zero-order valence-corrected chi connectivity index (χ0v) is 11.3. The van der Waals surface area contributed by atoms with E-state index < -0.39 is 0 Å². The summed E-state index contributed by atoms with van der Waals surface area (Å²) in [4.78, 5) is 17.7. The molecule has 1 aromatic rings. The molecule has 0 unspecified atom stereocenters. The van der Waals surface area contributed by atoms with Crippen LogP contribution in [-0.2, 0) is 4.74 Å². The molecule has 0 spiro atoms. The molecule has 2 heterocycles. The normalized spacial score (nSPS) is 16.2. The highest BCUT2D eigenvalue weighted by atomic mass is 16.5. The number of ether oxygens (including phenoxy) is 1. The highest BCUT2D eigenvalue weighted by molar-refractivity contribution is 5.67. The van der Waals surface area contributed by atoms with Gasteiger partial charge in [0.05, 0.1) is 18.5 Å². The van der Waals surface area contributed by atoms with E-state index in [1.54, 1.807) is 6.20 Å². The van der Waals surface area contributed by atoms with Gasteiger partial charge >= 0.3 is 6.09 Å². The van der Waals surface area contributed by atoms with Gasteiger partial charge in [-0.25, -0.2) is 4.79 Å². The van der Waals surface area contributed by atoms with Crippen LogP contribution in [0.5, 0.6) is 0 Å². The van der Waals surface area contributed by atoms with Crippen LogP contribution in [0.2, 0.25) is 0 Å². The second-order valence-electron chi connectivity index (χ2n) is 4.74. The van der Waals surface area contributed by atoms with Crippen molar-refractivity contribution in [2.24, 2.45) is 5.92 Å². The first kappa shape index (κ1) is 13.6. The first-order chi connectivity index (χ1) is 9.29. The lowest BCUT2D eigenvalue weighted by molar-refractivity contribution is 0.149. The number of amides is 1. The summed E-state index contributed by atoms with van der Waals surface area (Å²) in [5.41, 5.74) is 1.18. The number of nitrogens with one attached hydrogen (secondary N) is 1. The smallest absolute Gasteiger partial charge is 0.407 e. The minimum atomic E-state index is -0.308. The lowest BCUT2D eigenvalue weighted by Crippen LogP contribution is -2.38. The molecule has 5 heteroatoms. The fraction of sp³-hybridized carbons (Fsp3) is 0.571. The number of alkyl carbamates (subject to hydrolysis) is 1. The van der Waals surface area contributed by atoms with Crippen LogP contribution in [0.3, 0.4) is 0 Å². The van der Waals surface area contributed by atoms with E-state index in [4.69, 9.17) is 4.74 Å². The molecule has 1 amide bonds. The molecule has 1 aliphatic heterocycles. The SMILES string of the molecule is CCOC(=O)NCC1CCN(c2cccnc2)CC1. The summed E-state index contributed by atoms with van der Waals surface area (Å²) >= 11 is 0. The van der Waals surface area contributed by atoms with E-state index in [1.807, 2.05) is 19.2 Å². The molecule has 1 aromatic heterocycles. The van der Waals surface area contributed by atoms with Crippen molar-refractivity contribution in [2.75, 3.05) is 31.1 Å². The highest BCUT2D eigenvalue weighted by Gasteiger charge is 2.20. The van der Waals surface area contributed by atoms with E-state index in [0.717, 1.165) is 25.9 Å². The summed E-state index contributed by atoms with van der Waals surface area (Å²) in [6.07, 6.45) is 5.55. The Bertz CT molecular complexity index is 389. The first-order valence-electron chi connectivity index (χ1n) is 6.85. The number of carbonyl (C=O) groups excluding carboxylic acids is 1. The maximum Gasteiger partial charge on any atom is 0.407 e. The summed E-state index contributed by atoms with van der Waals surface area (Å²) in [5, 5.41) is 2.82. The van der Waals surface area contributed by atoms with E-state index in [1.165, 1.54) is 5.69 Å². The van der Waals surface area contributed by atoms with Gasteiger partial charge in [0.1, 0.15) is 0 Å². The van der Waals surface area contributed by atoms with Crippen LogP contribution in [-0.4, -0.2) is 37.3 Å². The van der Waals surface area contributed by atoms with Gasteiger partial charge in [-0.3, -0.25) is 4.98 Å². The quantitative estimate of drug-likeness (QED) is 0.903. The monoisotopic (exact) mass is 263 g/mol. The number of carbonyl (C=O) groups is 1. The molecule has 2 rings (SSSR count). The second-order valence-corrected chi connectivity index (χ2v) is 4.74. The summed E-state index contributed by atoms with van der Waals surface area (Å²) in [6.45, 7) is 4.97. The molecule has 1 aliphatic rings. The van der Waals surface area contributed by atoms with Crippen molar-refractivity contribution in [3.05, 3.63) is 24.5 Å². The molecule has 0 saturated carbocycles. The lowest BCUT2D eigenvalue weighted by atomic mass is 9.96. The van der Waals surface area contributed by atoms with Gasteiger partial charge in [-0.1, -0.05) is 0 Å². The van der Waals surface area contributed by atoms with Gasteiger partial charge in [-0.15, -0.1) is 0 Å². The fourth-order valence-electron chi connectivity index (χ4n) is 2.35. The predicted octanol–water partition coefficient (Wildman–Crippen LogP) is 2.04. The van der Waals surface area contributed by atoms with Crippen molar-refractivity contribution < 1.29 is 9.53 Å². The molecule has 0 bridgehead atoms. The third-order valence-corrected chi connectivity index (χ3v) is 3.44. The average molecular weight is 263 g/mol. The molecule has 0 atom stereocenters. The molecule has 0 aliphatic carbocycles. The molecule has 1 N–H and O–H groups in total. The van der Waals surface area contributed by atoms with Crippen LogP contribution in [0.1, 0.15) is 19.8 Å². The van der Waals surface area contributed by atoms with Crippen molar-refractivity contribution in [3.63, 3.8) is 0 Å². The van der Waals surface area contributed by atoms with Crippen LogP contribution in [0.4, 0.5) is 10.5 Å². The van der Waals surface area contributed by atoms with E-state index in [9.17, 15) is 4.79 Å². The fourth-order valence-corrected chi connectivity index (χ4v) is 2.35. The molecule has 1 saturated heterocycles. The number of hydrogen-bond donors (Lipinski definition) is 1. The van der Waals surface area contributed by atoms with Crippen LogP contribution in [0.25, 0.3) is 0 Å². The molecule has 1 fully saturated rings. The number of anilines is 1. The summed E-state index contributed by atoms with van der Waals surface area (Å²) in [6, 6.07) is 4.05. The standard InChI is InChI=1S/C14H21N3O2/c1-2-19-14(18)16-10-12-5-8-17(9-6-12)13-4-3-7-15-11-13/h3-4,7,11-12H,2,5-6,8-10H2,1H3,(H,16,18). The van der Waals surface area contributed by atoms with Crippen LogP contribution >= 0.6 is 0 Å². The highest BCUT2D eigenvalue weighted by Crippen LogP contribution is 2.21. The number of rotatable bonds is 4. The van der Waals surface area contributed by atoms with Crippen molar-refractivity contribution in [3.8, 4) is 0 Å². The van der Waals surface area contributed by atoms with E-state index in [0.29, 0.717) is 19.1 Å². The molecule has 104 valence electrons. The summed E-state index contributed by atoms with van der Waals surface area (Å²) in [5.74, 6) is 0.539. The Labute approximate surface area is 114 Å². The minimum Gasteiger partial charge on any atom is -0.450 e. The van der Waals surface area contributed by atoms with E-state index in [-0.39, 0.29) is 6.09 Å². The molecule has 0 aromatic carbocycles. The number of piperidine rings is 1. The molecule has 19 heavy (non-hydrogen) atoms. The van der Waals surface area contributed by atoms with Crippen molar-refractivity contribution in [1.82, 2.24) is 10.3 Å². The zero-order chi connectivity index (χ0) is 13.5. The third-order valence-electron chi connectivity index (χ3n) is 3.44. The van der Waals surface area contributed by atoms with Gasteiger partial charge in [0.2, 0.25) is 0 Å². The topological polar surface area (TPSA) is 54.5 Å². The third kappa shape index (κ3) is 4.12. The largest absolute Gasteiger partial charge is 0.450 e. The maximum absolute atomic E-state index is 11.2. The number of pyridine rings is 1. The Balaban J connectivity index is 1.72.